The molecule has 2 aromatic rings. The van der Waals surface area contributed by atoms with Gasteiger partial charge in [-0.25, -0.2) is 0 Å². The van der Waals surface area contributed by atoms with E-state index in [-0.39, 0.29) is 5.75 Å². The first-order valence-electron chi connectivity index (χ1n) is 5.82. The molecule has 0 aliphatic rings. The number of aromatic nitrogens is 1. The molecule has 0 radical (unpaired) electrons. The number of aromatic hydroxyl groups is 1. The van der Waals surface area contributed by atoms with Crippen molar-refractivity contribution in [2.45, 2.75) is 20.3 Å². The van der Waals surface area contributed by atoms with Crippen molar-refractivity contribution in [1.29, 1.82) is 0 Å². The summed E-state index contributed by atoms with van der Waals surface area (Å²) < 4.78 is 1.93. The second-order valence-electron chi connectivity index (χ2n) is 5.27. The maximum atomic E-state index is 11.2. The van der Waals surface area contributed by atoms with Crippen LogP contribution in [0.4, 0.5) is 0 Å². The molecule has 1 aromatic heterocycles. The third kappa shape index (κ3) is 1.94. The number of carboxylic acids is 1. The van der Waals surface area contributed by atoms with Gasteiger partial charge in [-0.1, -0.05) is 6.07 Å². The molecule has 0 aliphatic heterocycles. The number of phenols is 1. The maximum absolute atomic E-state index is 11.2. The van der Waals surface area contributed by atoms with Crippen LogP contribution in [-0.4, -0.2) is 20.7 Å². The number of hydrogen-bond donors (Lipinski definition) is 2. The quantitative estimate of drug-likeness (QED) is 0.876. The molecule has 0 unspecified atom stereocenters. The summed E-state index contributed by atoms with van der Waals surface area (Å²) in [5.41, 5.74) is 0.989. The largest absolute Gasteiger partial charge is 0.507 e. The number of hydrogen-bond acceptors (Lipinski definition) is 2. The van der Waals surface area contributed by atoms with Crippen LogP contribution in [0, 0.1) is 5.41 Å². The summed E-state index contributed by atoms with van der Waals surface area (Å²) in [7, 11) is 1.88. The molecular weight excluding hydrogens is 230 g/mol. The van der Waals surface area contributed by atoms with Gasteiger partial charge in [0.2, 0.25) is 0 Å². The van der Waals surface area contributed by atoms with Crippen LogP contribution in [0.2, 0.25) is 0 Å². The van der Waals surface area contributed by atoms with Crippen molar-refractivity contribution in [1.82, 2.24) is 4.57 Å². The van der Waals surface area contributed by atoms with Crippen molar-refractivity contribution in [2.24, 2.45) is 12.5 Å². The van der Waals surface area contributed by atoms with Crippen molar-refractivity contribution < 1.29 is 15.0 Å². The number of benzene rings is 1. The van der Waals surface area contributed by atoms with Crippen molar-refractivity contribution in [3.8, 4) is 5.75 Å². The molecule has 0 spiro atoms. The summed E-state index contributed by atoms with van der Waals surface area (Å²) in [5, 5.41) is 19.7. The van der Waals surface area contributed by atoms with Gasteiger partial charge in [0.25, 0.3) is 0 Å². The minimum atomic E-state index is -0.822. The highest BCUT2D eigenvalue weighted by Crippen LogP contribution is 2.30. The molecule has 0 saturated carbocycles. The normalized spacial score (nSPS) is 11.9. The first-order valence-corrected chi connectivity index (χ1v) is 5.82. The Bertz CT molecular complexity index is 611. The van der Waals surface area contributed by atoms with Gasteiger partial charge in [0, 0.05) is 24.5 Å². The number of nitrogens with zero attached hydrogens (tertiary/aromatic N) is 1. The van der Waals surface area contributed by atoms with Gasteiger partial charge in [0.05, 0.1) is 10.9 Å². The fraction of sp³-hybridized carbons (Fsp3) is 0.357. The Kier molecular flexibility index (Phi) is 2.81. The Hall–Kier alpha value is -1.97. The van der Waals surface area contributed by atoms with Crippen LogP contribution in [0.3, 0.4) is 0 Å². The van der Waals surface area contributed by atoms with E-state index in [1.165, 1.54) is 0 Å². The van der Waals surface area contributed by atoms with Gasteiger partial charge in [-0.15, -0.1) is 0 Å². The summed E-state index contributed by atoms with van der Waals surface area (Å²) in [4.78, 5) is 11.2. The first kappa shape index (κ1) is 12.5. The third-order valence-electron chi connectivity index (χ3n) is 3.37. The van der Waals surface area contributed by atoms with Gasteiger partial charge in [-0.05, 0) is 32.0 Å². The lowest BCUT2D eigenvalue weighted by molar-refractivity contribution is -0.146. The van der Waals surface area contributed by atoms with E-state index in [9.17, 15) is 9.90 Å². The van der Waals surface area contributed by atoms with Gasteiger partial charge in [0.1, 0.15) is 5.75 Å². The van der Waals surface area contributed by atoms with Crippen LogP contribution < -0.4 is 0 Å². The second kappa shape index (κ2) is 4.05. The molecule has 2 rings (SSSR count). The lowest BCUT2D eigenvalue weighted by Crippen LogP contribution is -2.27. The summed E-state index contributed by atoms with van der Waals surface area (Å²) in [6.45, 7) is 3.40. The Morgan fingerprint density at radius 1 is 1.39 bits per heavy atom. The molecule has 4 heteroatoms. The maximum Gasteiger partial charge on any atom is 0.309 e. The van der Waals surface area contributed by atoms with Gasteiger partial charge >= 0.3 is 5.97 Å². The number of phenolic OH excluding ortho intramolecular Hbond substituents is 1. The van der Waals surface area contributed by atoms with E-state index in [1.807, 2.05) is 23.7 Å². The zero-order valence-corrected chi connectivity index (χ0v) is 10.8. The zero-order valence-electron chi connectivity index (χ0n) is 10.8. The highest BCUT2D eigenvalue weighted by molar-refractivity contribution is 5.87. The monoisotopic (exact) mass is 247 g/mol. The van der Waals surface area contributed by atoms with Crippen LogP contribution >= 0.6 is 0 Å². The number of carbonyl (C=O) groups is 1. The third-order valence-corrected chi connectivity index (χ3v) is 3.37. The first-order chi connectivity index (χ1) is 8.33. The van der Waals surface area contributed by atoms with E-state index >= 15 is 0 Å². The van der Waals surface area contributed by atoms with Crippen molar-refractivity contribution >= 4 is 16.9 Å². The zero-order chi connectivity index (χ0) is 13.5. The Morgan fingerprint density at radius 3 is 2.61 bits per heavy atom. The van der Waals surface area contributed by atoms with Crippen LogP contribution in [0.25, 0.3) is 10.9 Å². The molecule has 18 heavy (non-hydrogen) atoms. The summed E-state index contributed by atoms with van der Waals surface area (Å²) in [6, 6.07) is 7.18. The number of aliphatic carboxylic acids is 1. The van der Waals surface area contributed by atoms with E-state index < -0.39 is 11.4 Å². The van der Waals surface area contributed by atoms with E-state index in [0.29, 0.717) is 6.42 Å². The fourth-order valence-electron chi connectivity index (χ4n) is 2.10. The smallest absolute Gasteiger partial charge is 0.309 e. The van der Waals surface area contributed by atoms with Gasteiger partial charge in [-0.3, -0.25) is 4.79 Å². The molecule has 0 saturated heterocycles. The number of rotatable bonds is 3. The molecule has 2 N–H and O–H groups in total. The van der Waals surface area contributed by atoms with Gasteiger partial charge in [-0.2, -0.15) is 0 Å². The summed E-state index contributed by atoms with van der Waals surface area (Å²) in [5.74, 6) is -0.598. The molecule has 1 heterocycles. The van der Waals surface area contributed by atoms with Gasteiger partial charge < -0.3 is 14.8 Å². The summed E-state index contributed by atoms with van der Waals surface area (Å²) in [6.07, 6.45) is 0.424. The molecule has 0 amide bonds. The minimum Gasteiger partial charge on any atom is -0.507 e. The van der Waals surface area contributed by atoms with E-state index in [4.69, 9.17) is 5.11 Å². The van der Waals surface area contributed by atoms with Crippen molar-refractivity contribution in [2.75, 3.05) is 0 Å². The molecule has 0 bridgehead atoms. The molecule has 4 nitrogen and oxygen atoms in total. The van der Waals surface area contributed by atoms with Crippen LogP contribution in [0.5, 0.6) is 5.75 Å². The molecular formula is C14H17NO3. The average molecular weight is 247 g/mol. The minimum absolute atomic E-state index is 0.225. The van der Waals surface area contributed by atoms with E-state index in [1.54, 1.807) is 26.0 Å². The number of carboxylic acid groups (broad SMARTS) is 1. The van der Waals surface area contributed by atoms with Crippen molar-refractivity contribution in [3.05, 3.63) is 30.0 Å². The topological polar surface area (TPSA) is 62.5 Å². The highest BCUT2D eigenvalue weighted by atomic mass is 16.4. The van der Waals surface area contributed by atoms with Crippen molar-refractivity contribution in [3.63, 3.8) is 0 Å². The predicted octanol–water partition coefficient (Wildman–Crippen LogP) is 2.54. The van der Waals surface area contributed by atoms with Gasteiger partial charge in [0.15, 0.2) is 0 Å². The highest BCUT2D eigenvalue weighted by Gasteiger charge is 2.28. The fourth-order valence-corrected chi connectivity index (χ4v) is 2.10. The standard InChI is InChI=1S/C14H17NO3/c1-14(2,13(17)18)8-9-7-10-11(15(9)3)5-4-6-12(10)16/h4-7,16H,8H2,1-3H3,(H,17,18). The van der Waals surface area contributed by atoms with E-state index in [0.717, 1.165) is 16.6 Å². The SMILES string of the molecule is Cn1c(CC(C)(C)C(=O)O)cc2c(O)cccc21. The molecule has 0 fully saturated rings. The number of aryl methyl sites for hydroxylation is 1. The predicted molar refractivity (Wildman–Crippen MR) is 69.7 cm³/mol. The number of fused-ring (bicyclic) bond motifs is 1. The van der Waals surface area contributed by atoms with Crippen LogP contribution in [0.1, 0.15) is 19.5 Å². The second-order valence-corrected chi connectivity index (χ2v) is 5.27. The van der Waals surface area contributed by atoms with Crippen LogP contribution in [-0.2, 0) is 18.3 Å². The summed E-state index contributed by atoms with van der Waals surface area (Å²) >= 11 is 0. The Balaban J connectivity index is 2.50. The Labute approximate surface area is 105 Å². The lowest BCUT2D eigenvalue weighted by atomic mass is 9.88. The Morgan fingerprint density at radius 2 is 2.06 bits per heavy atom. The molecule has 0 atom stereocenters. The molecule has 1 aromatic carbocycles. The average Bonchev–Trinajstić information content (AvgIpc) is 2.58. The molecule has 0 aliphatic carbocycles. The van der Waals surface area contributed by atoms with Crippen LogP contribution in [0.15, 0.2) is 24.3 Å². The van der Waals surface area contributed by atoms with E-state index in [2.05, 4.69) is 0 Å². The molecule has 96 valence electrons. The lowest BCUT2D eigenvalue weighted by Gasteiger charge is -2.19.